The van der Waals surface area contributed by atoms with Crippen molar-refractivity contribution in [1.29, 1.82) is 0 Å². The molecule has 0 radical (unpaired) electrons. The van der Waals surface area contributed by atoms with Gasteiger partial charge in [0.1, 0.15) is 5.84 Å². The monoisotopic (exact) mass is 199 g/mol. The molecule has 5 nitrogen and oxygen atoms in total. The van der Waals surface area contributed by atoms with E-state index in [0.717, 1.165) is 25.7 Å². The highest BCUT2D eigenvalue weighted by atomic mass is 16.4. The van der Waals surface area contributed by atoms with Gasteiger partial charge in [0.05, 0.1) is 6.54 Å². The molecule has 3 N–H and O–H groups in total. The van der Waals surface area contributed by atoms with Crippen molar-refractivity contribution in [2.75, 3.05) is 6.54 Å². The van der Waals surface area contributed by atoms with Crippen molar-refractivity contribution < 1.29 is 5.21 Å². The lowest BCUT2D eigenvalue weighted by molar-refractivity contribution is 0.204. The fourth-order valence-electron chi connectivity index (χ4n) is 2.25. The molecule has 5 heteroatoms. The standard InChI is InChI=1S/C9H17N3O2/c10-8(12-14)6-9(7-11-13)4-2-1-3-5-9/h14H,1-7H2,(H2,10,12). The summed E-state index contributed by atoms with van der Waals surface area (Å²) in [6.07, 6.45) is 5.80. The summed E-state index contributed by atoms with van der Waals surface area (Å²) in [6.45, 7) is 0.281. The second-order valence-corrected chi connectivity index (χ2v) is 4.12. The molecule has 1 aliphatic carbocycles. The van der Waals surface area contributed by atoms with E-state index in [0.29, 0.717) is 6.42 Å². The molecule has 0 aromatic heterocycles. The van der Waals surface area contributed by atoms with Crippen LogP contribution < -0.4 is 5.73 Å². The summed E-state index contributed by atoms with van der Waals surface area (Å²) in [5.41, 5.74) is 5.33. The van der Waals surface area contributed by atoms with Gasteiger partial charge in [-0.3, -0.25) is 0 Å². The smallest absolute Gasteiger partial charge is 0.139 e. The number of nitroso groups, excluding NO2 is 1. The summed E-state index contributed by atoms with van der Waals surface area (Å²) in [4.78, 5) is 10.4. The summed E-state index contributed by atoms with van der Waals surface area (Å²) in [5, 5.41) is 14.4. The second-order valence-electron chi connectivity index (χ2n) is 4.12. The van der Waals surface area contributed by atoms with Crippen molar-refractivity contribution in [3.8, 4) is 0 Å². The van der Waals surface area contributed by atoms with Crippen molar-refractivity contribution in [2.24, 2.45) is 21.5 Å². The molecule has 0 bridgehead atoms. The number of oxime groups is 1. The Morgan fingerprint density at radius 2 is 2.00 bits per heavy atom. The van der Waals surface area contributed by atoms with Crippen LogP contribution in [0.15, 0.2) is 10.3 Å². The fraction of sp³-hybridized carbons (Fsp3) is 0.889. The Bertz CT molecular complexity index is 222. The SMILES string of the molecule is N/C(CC1(CN=O)CCCCC1)=N/O. The summed E-state index contributed by atoms with van der Waals surface area (Å²) < 4.78 is 0. The minimum Gasteiger partial charge on any atom is -0.409 e. The van der Waals surface area contributed by atoms with Crippen molar-refractivity contribution in [2.45, 2.75) is 38.5 Å². The van der Waals surface area contributed by atoms with E-state index in [1.165, 1.54) is 6.42 Å². The molecule has 0 heterocycles. The van der Waals surface area contributed by atoms with E-state index in [1.807, 2.05) is 0 Å². The van der Waals surface area contributed by atoms with Gasteiger partial charge in [0, 0.05) is 11.8 Å². The Kier molecular flexibility index (Phi) is 3.85. The summed E-state index contributed by atoms with van der Waals surface area (Å²) in [5.74, 6) is 0.204. The van der Waals surface area contributed by atoms with E-state index in [4.69, 9.17) is 10.9 Å². The van der Waals surface area contributed by atoms with Crippen molar-refractivity contribution in [3.05, 3.63) is 4.91 Å². The Morgan fingerprint density at radius 3 is 2.50 bits per heavy atom. The first-order valence-electron chi connectivity index (χ1n) is 4.98. The van der Waals surface area contributed by atoms with Crippen LogP contribution in [-0.4, -0.2) is 17.6 Å². The molecule has 1 rings (SSSR count). The number of rotatable bonds is 4. The van der Waals surface area contributed by atoms with E-state index in [2.05, 4.69) is 10.3 Å². The van der Waals surface area contributed by atoms with Gasteiger partial charge in [0.2, 0.25) is 0 Å². The number of hydrogen-bond acceptors (Lipinski definition) is 4. The molecule has 0 atom stereocenters. The predicted octanol–water partition coefficient (Wildman–Crippen LogP) is 1.84. The van der Waals surface area contributed by atoms with E-state index >= 15 is 0 Å². The number of nitrogens with two attached hydrogens (primary N) is 1. The van der Waals surface area contributed by atoms with Crippen LogP contribution in [-0.2, 0) is 0 Å². The Hall–Kier alpha value is -1.13. The third-order valence-electron chi connectivity index (χ3n) is 3.00. The van der Waals surface area contributed by atoms with Gasteiger partial charge < -0.3 is 10.9 Å². The van der Waals surface area contributed by atoms with Crippen LogP contribution >= 0.6 is 0 Å². The largest absolute Gasteiger partial charge is 0.409 e. The molecule has 1 aliphatic rings. The van der Waals surface area contributed by atoms with Gasteiger partial charge in [-0.05, 0) is 12.8 Å². The van der Waals surface area contributed by atoms with Crippen LogP contribution in [0.25, 0.3) is 0 Å². The zero-order chi connectivity index (χ0) is 10.4. The van der Waals surface area contributed by atoms with Crippen LogP contribution in [0.3, 0.4) is 0 Å². The van der Waals surface area contributed by atoms with E-state index < -0.39 is 0 Å². The van der Waals surface area contributed by atoms with Gasteiger partial charge >= 0.3 is 0 Å². The average molecular weight is 199 g/mol. The Morgan fingerprint density at radius 1 is 1.36 bits per heavy atom. The maximum absolute atomic E-state index is 10.4. The average Bonchev–Trinajstić information content (AvgIpc) is 2.19. The number of hydrogen-bond donors (Lipinski definition) is 2. The van der Waals surface area contributed by atoms with Crippen LogP contribution in [0.4, 0.5) is 0 Å². The van der Waals surface area contributed by atoms with E-state index in [-0.39, 0.29) is 17.8 Å². The molecule has 0 aromatic rings. The van der Waals surface area contributed by atoms with Crippen molar-refractivity contribution >= 4 is 5.84 Å². The molecule has 0 aliphatic heterocycles. The quantitative estimate of drug-likeness (QED) is 0.238. The Balaban J connectivity index is 2.64. The molecule has 80 valence electrons. The molecule has 0 unspecified atom stereocenters. The maximum Gasteiger partial charge on any atom is 0.139 e. The van der Waals surface area contributed by atoms with Gasteiger partial charge in [0.15, 0.2) is 0 Å². The van der Waals surface area contributed by atoms with Gasteiger partial charge in [0.25, 0.3) is 0 Å². The highest BCUT2D eigenvalue weighted by Gasteiger charge is 2.33. The van der Waals surface area contributed by atoms with E-state index in [9.17, 15) is 4.91 Å². The maximum atomic E-state index is 10.4. The first-order valence-corrected chi connectivity index (χ1v) is 4.98. The molecule has 1 saturated carbocycles. The molecular formula is C9H17N3O2. The topological polar surface area (TPSA) is 88.0 Å². The zero-order valence-corrected chi connectivity index (χ0v) is 8.28. The lowest BCUT2D eigenvalue weighted by Gasteiger charge is -2.34. The van der Waals surface area contributed by atoms with Crippen molar-refractivity contribution in [1.82, 2.24) is 0 Å². The molecule has 0 aromatic carbocycles. The lowest BCUT2D eigenvalue weighted by Crippen LogP contribution is -2.33. The van der Waals surface area contributed by atoms with Crippen LogP contribution in [0, 0.1) is 10.3 Å². The fourth-order valence-corrected chi connectivity index (χ4v) is 2.25. The third kappa shape index (κ3) is 2.68. The first kappa shape index (κ1) is 10.9. The van der Waals surface area contributed by atoms with Crippen LogP contribution in [0.5, 0.6) is 0 Å². The second kappa shape index (κ2) is 4.93. The third-order valence-corrected chi connectivity index (χ3v) is 3.00. The normalized spacial score (nSPS) is 21.9. The minimum atomic E-state index is -0.143. The molecule has 14 heavy (non-hydrogen) atoms. The van der Waals surface area contributed by atoms with Gasteiger partial charge in [-0.2, -0.15) is 4.91 Å². The minimum absolute atomic E-state index is 0.143. The highest BCUT2D eigenvalue weighted by Crippen LogP contribution is 2.39. The zero-order valence-electron chi connectivity index (χ0n) is 8.28. The predicted molar refractivity (Wildman–Crippen MR) is 54.2 cm³/mol. The summed E-state index contributed by atoms with van der Waals surface area (Å²) in [6, 6.07) is 0. The van der Waals surface area contributed by atoms with Gasteiger partial charge in [-0.1, -0.05) is 29.6 Å². The lowest BCUT2D eigenvalue weighted by atomic mass is 9.71. The molecule has 0 spiro atoms. The molecular weight excluding hydrogens is 182 g/mol. The highest BCUT2D eigenvalue weighted by molar-refractivity contribution is 5.80. The molecule has 0 amide bonds. The van der Waals surface area contributed by atoms with Gasteiger partial charge in [-0.25, -0.2) is 0 Å². The summed E-state index contributed by atoms with van der Waals surface area (Å²) in [7, 11) is 0. The van der Waals surface area contributed by atoms with E-state index in [1.54, 1.807) is 0 Å². The summed E-state index contributed by atoms with van der Waals surface area (Å²) >= 11 is 0. The molecule has 0 saturated heterocycles. The van der Waals surface area contributed by atoms with Crippen LogP contribution in [0.2, 0.25) is 0 Å². The number of amidine groups is 1. The van der Waals surface area contributed by atoms with Crippen molar-refractivity contribution in [3.63, 3.8) is 0 Å². The van der Waals surface area contributed by atoms with Crippen LogP contribution in [0.1, 0.15) is 38.5 Å². The first-order chi connectivity index (χ1) is 6.72. The van der Waals surface area contributed by atoms with Gasteiger partial charge in [-0.15, -0.1) is 0 Å². The Labute approximate surface area is 83.3 Å². The molecule has 1 fully saturated rings. The number of nitrogens with zero attached hydrogens (tertiary/aromatic N) is 2.